The molecule has 1 saturated heterocycles. The van der Waals surface area contributed by atoms with Crippen molar-refractivity contribution in [2.24, 2.45) is 0 Å². The summed E-state index contributed by atoms with van der Waals surface area (Å²) in [7, 11) is 0. The number of nitrogens with one attached hydrogen (secondary N) is 1. The van der Waals surface area contributed by atoms with Crippen molar-refractivity contribution in [3.63, 3.8) is 0 Å². The van der Waals surface area contributed by atoms with Crippen LogP contribution >= 0.6 is 0 Å². The first kappa shape index (κ1) is 23.3. The predicted octanol–water partition coefficient (Wildman–Crippen LogP) is 3.65. The third-order valence-electron chi connectivity index (χ3n) is 6.46. The lowest BCUT2D eigenvalue weighted by molar-refractivity contribution is 0.0914. The number of halogens is 1. The Kier molecular flexibility index (Phi) is 6.70. The van der Waals surface area contributed by atoms with E-state index in [2.05, 4.69) is 37.5 Å². The average Bonchev–Trinajstić information content (AvgIpc) is 3.49. The van der Waals surface area contributed by atoms with Crippen molar-refractivity contribution in [1.29, 1.82) is 0 Å². The summed E-state index contributed by atoms with van der Waals surface area (Å²) in [5.41, 5.74) is 4.52. The van der Waals surface area contributed by atoms with Crippen LogP contribution in [0.1, 0.15) is 40.9 Å². The number of aromatic nitrogens is 5. The Labute approximate surface area is 202 Å². The first-order valence-corrected chi connectivity index (χ1v) is 11.9. The normalized spacial score (nSPS) is 15.9. The van der Waals surface area contributed by atoms with E-state index in [1.54, 1.807) is 16.8 Å². The second kappa shape index (κ2) is 10.1. The van der Waals surface area contributed by atoms with E-state index >= 15 is 0 Å². The van der Waals surface area contributed by atoms with Gasteiger partial charge in [0.25, 0.3) is 5.56 Å². The molecule has 35 heavy (non-hydrogen) atoms. The maximum atomic E-state index is 13.5. The highest BCUT2D eigenvalue weighted by molar-refractivity contribution is 5.82. The molecule has 2 aromatic carbocycles. The Morgan fingerprint density at radius 3 is 2.74 bits per heavy atom. The van der Waals surface area contributed by atoms with Crippen LogP contribution in [0, 0.1) is 19.7 Å². The SMILES string of the molecule is Cc1cc(C)c2[nH]c(=O)c(CN(Cc3ccc(F)cc3)Cc3nnnn3CC3CCCO3)cc2c1. The number of aryl methyl sites for hydroxylation is 2. The van der Waals surface area contributed by atoms with Gasteiger partial charge in [0.15, 0.2) is 5.82 Å². The quantitative estimate of drug-likeness (QED) is 0.418. The van der Waals surface area contributed by atoms with Crippen LogP contribution < -0.4 is 5.56 Å². The molecule has 0 bridgehead atoms. The minimum absolute atomic E-state index is 0.109. The number of pyridine rings is 1. The van der Waals surface area contributed by atoms with Gasteiger partial charge in [-0.1, -0.05) is 23.8 Å². The molecule has 1 aliphatic heterocycles. The van der Waals surface area contributed by atoms with Gasteiger partial charge in [0.2, 0.25) is 0 Å². The molecule has 5 rings (SSSR count). The van der Waals surface area contributed by atoms with Gasteiger partial charge in [-0.05, 0) is 77.9 Å². The van der Waals surface area contributed by atoms with Crippen LogP contribution in [0.25, 0.3) is 10.9 Å². The van der Waals surface area contributed by atoms with E-state index < -0.39 is 0 Å². The van der Waals surface area contributed by atoms with Gasteiger partial charge in [-0.2, -0.15) is 0 Å². The Morgan fingerprint density at radius 1 is 1.14 bits per heavy atom. The van der Waals surface area contributed by atoms with Gasteiger partial charge in [0.1, 0.15) is 5.82 Å². The van der Waals surface area contributed by atoms with Crippen LogP contribution in [0.3, 0.4) is 0 Å². The molecule has 0 amide bonds. The molecule has 0 radical (unpaired) electrons. The number of benzene rings is 2. The van der Waals surface area contributed by atoms with Crippen molar-refractivity contribution in [3.05, 3.63) is 86.7 Å². The molecule has 9 heteroatoms. The molecule has 1 N–H and O–H groups in total. The van der Waals surface area contributed by atoms with Crippen LogP contribution in [-0.4, -0.2) is 42.8 Å². The Hall–Kier alpha value is -3.43. The van der Waals surface area contributed by atoms with Crippen molar-refractivity contribution >= 4 is 10.9 Å². The number of H-pyrrole nitrogens is 1. The summed E-state index contributed by atoms with van der Waals surface area (Å²) in [5, 5.41) is 13.3. The topological polar surface area (TPSA) is 88.9 Å². The monoisotopic (exact) mass is 476 g/mol. The summed E-state index contributed by atoms with van der Waals surface area (Å²) < 4.78 is 21.0. The van der Waals surface area contributed by atoms with Gasteiger partial charge in [-0.3, -0.25) is 9.69 Å². The van der Waals surface area contributed by atoms with Gasteiger partial charge in [-0.25, -0.2) is 9.07 Å². The van der Waals surface area contributed by atoms with E-state index in [1.807, 2.05) is 19.9 Å². The summed E-state index contributed by atoms with van der Waals surface area (Å²) >= 11 is 0. The van der Waals surface area contributed by atoms with E-state index in [9.17, 15) is 9.18 Å². The number of nitrogens with zero attached hydrogens (tertiary/aromatic N) is 5. The van der Waals surface area contributed by atoms with Crippen LogP contribution in [-0.2, 0) is 30.9 Å². The zero-order valence-corrected chi connectivity index (χ0v) is 20.0. The largest absolute Gasteiger partial charge is 0.376 e. The van der Waals surface area contributed by atoms with Crippen LogP contribution in [0.15, 0.2) is 47.3 Å². The molecule has 1 unspecified atom stereocenters. The van der Waals surface area contributed by atoms with Crippen molar-refractivity contribution in [2.75, 3.05) is 6.61 Å². The van der Waals surface area contributed by atoms with E-state index in [-0.39, 0.29) is 17.5 Å². The highest BCUT2D eigenvalue weighted by atomic mass is 19.1. The van der Waals surface area contributed by atoms with E-state index in [0.29, 0.717) is 37.6 Å². The van der Waals surface area contributed by atoms with Gasteiger partial charge < -0.3 is 9.72 Å². The summed E-state index contributed by atoms with van der Waals surface area (Å²) in [5.74, 6) is 0.420. The van der Waals surface area contributed by atoms with Gasteiger partial charge in [-0.15, -0.1) is 5.10 Å². The van der Waals surface area contributed by atoms with Crippen molar-refractivity contribution in [1.82, 2.24) is 30.1 Å². The number of rotatable bonds is 8. The maximum absolute atomic E-state index is 13.5. The van der Waals surface area contributed by atoms with Crippen molar-refractivity contribution < 1.29 is 9.13 Å². The number of fused-ring (bicyclic) bond motifs is 1. The van der Waals surface area contributed by atoms with Crippen molar-refractivity contribution in [3.8, 4) is 0 Å². The molecule has 1 aliphatic rings. The highest BCUT2D eigenvalue weighted by Crippen LogP contribution is 2.20. The molecule has 8 nitrogen and oxygen atoms in total. The molecular formula is C26H29FN6O2. The minimum Gasteiger partial charge on any atom is -0.376 e. The summed E-state index contributed by atoms with van der Waals surface area (Å²) in [6.45, 7) is 6.75. The molecule has 3 heterocycles. The highest BCUT2D eigenvalue weighted by Gasteiger charge is 2.21. The molecule has 1 atom stereocenters. The minimum atomic E-state index is -0.280. The summed E-state index contributed by atoms with van der Waals surface area (Å²) in [6, 6.07) is 12.5. The number of tetrazole rings is 1. The number of hydrogen-bond acceptors (Lipinski definition) is 6. The number of aromatic amines is 1. The fourth-order valence-electron chi connectivity index (χ4n) is 4.77. The molecule has 0 spiro atoms. The van der Waals surface area contributed by atoms with E-state index in [4.69, 9.17) is 4.74 Å². The lowest BCUT2D eigenvalue weighted by Crippen LogP contribution is -2.29. The van der Waals surface area contributed by atoms with Crippen LogP contribution in [0.2, 0.25) is 0 Å². The summed E-state index contributed by atoms with van der Waals surface area (Å²) in [6.07, 6.45) is 2.14. The molecular weight excluding hydrogens is 447 g/mol. The molecule has 0 aliphatic carbocycles. The fraction of sp³-hybridized carbons (Fsp3) is 0.385. The van der Waals surface area contributed by atoms with E-state index in [1.165, 1.54) is 12.1 Å². The summed E-state index contributed by atoms with van der Waals surface area (Å²) in [4.78, 5) is 18.2. The number of hydrogen-bond donors (Lipinski definition) is 1. The smallest absolute Gasteiger partial charge is 0.252 e. The lowest BCUT2D eigenvalue weighted by Gasteiger charge is -2.22. The average molecular weight is 477 g/mol. The third kappa shape index (κ3) is 5.47. The van der Waals surface area contributed by atoms with Gasteiger partial charge >= 0.3 is 0 Å². The van der Waals surface area contributed by atoms with Gasteiger partial charge in [0.05, 0.1) is 24.7 Å². The maximum Gasteiger partial charge on any atom is 0.252 e. The molecule has 0 saturated carbocycles. The zero-order chi connectivity index (χ0) is 24.4. The molecule has 1 fully saturated rings. The molecule has 182 valence electrons. The Morgan fingerprint density at radius 2 is 1.97 bits per heavy atom. The second-order valence-corrected chi connectivity index (χ2v) is 9.35. The first-order valence-electron chi connectivity index (χ1n) is 11.9. The molecule has 2 aromatic heterocycles. The number of ether oxygens (including phenoxy) is 1. The van der Waals surface area contributed by atoms with Crippen LogP contribution in [0.4, 0.5) is 4.39 Å². The zero-order valence-electron chi connectivity index (χ0n) is 20.0. The third-order valence-corrected chi connectivity index (χ3v) is 6.46. The van der Waals surface area contributed by atoms with Gasteiger partial charge in [0, 0.05) is 25.3 Å². The van der Waals surface area contributed by atoms with E-state index in [0.717, 1.165) is 47.0 Å². The molecule has 4 aromatic rings. The second-order valence-electron chi connectivity index (χ2n) is 9.35. The fourth-order valence-corrected chi connectivity index (χ4v) is 4.77. The standard InChI is InChI=1S/C26H29FN6O2/c1-17-10-18(2)25-20(11-17)12-21(26(34)28-25)14-32(13-19-5-7-22(27)8-6-19)16-24-29-30-31-33(24)15-23-4-3-9-35-23/h5-8,10-12,23H,3-4,9,13-16H2,1-2H3,(H,28,34). The van der Waals surface area contributed by atoms with Crippen molar-refractivity contribution in [2.45, 2.75) is 59.0 Å². The Bertz CT molecular complexity index is 1380. The lowest BCUT2D eigenvalue weighted by atomic mass is 10.0. The first-order chi connectivity index (χ1) is 16.9. The van der Waals surface area contributed by atoms with Crippen LogP contribution in [0.5, 0.6) is 0 Å². The predicted molar refractivity (Wildman–Crippen MR) is 130 cm³/mol. The Balaban J connectivity index is 1.44.